The van der Waals surface area contributed by atoms with Crippen LogP contribution in [0, 0.1) is 117 Å². The van der Waals surface area contributed by atoms with E-state index in [9.17, 15) is 43.2 Å². The molecule has 0 saturated carbocycles. The summed E-state index contributed by atoms with van der Waals surface area (Å²) in [6.07, 6.45) is 36.7. The summed E-state index contributed by atoms with van der Waals surface area (Å²) in [5.74, 6) is 24.0. The monoisotopic (exact) mass is 1360 g/mol. The highest BCUT2D eigenvalue weighted by atomic mass is 16.4. The maximum atomic E-state index is 11.4. The van der Waals surface area contributed by atoms with Crippen molar-refractivity contribution in [2.75, 3.05) is 6.61 Å². The van der Waals surface area contributed by atoms with Gasteiger partial charge in [-0.3, -0.25) is 28.8 Å². The van der Waals surface area contributed by atoms with Crippen LogP contribution in [0.1, 0.15) is 195 Å². The molecule has 4 N–H and O–H groups in total. The van der Waals surface area contributed by atoms with Gasteiger partial charge in [0.05, 0.1) is 16.7 Å². The van der Waals surface area contributed by atoms with Crippen molar-refractivity contribution in [3.63, 3.8) is 0 Å². The van der Waals surface area contributed by atoms with Gasteiger partial charge >= 0.3 is 17.9 Å². The molecule has 0 atom stereocenters. The number of carbonyl (C=O) groups is 10. The third-order valence-electron chi connectivity index (χ3n) is 13.6. The second kappa shape index (κ2) is 44.7. The largest absolute Gasteiger partial charge is 0.478 e. The number of hydrogen-bond acceptors (Lipinski definition) is 11. The van der Waals surface area contributed by atoms with Crippen LogP contribution in [0.2, 0.25) is 0 Å². The number of rotatable bonds is 10. The Balaban J connectivity index is 0.000000414. The van der Waals surface area contributed by atoms with Crippen molar-refractivity contribution in [1.82, 2.24) is 0 Å². The second-order valence-corrected chi connectivity index (χ2v) is 20.7. The Morgan fingerprint density at radius 1 is 0.301 bits per heavy atom. The molecule has 0 aliphatic carbocycles. The fourth-order valence-corrected chi connectivity index (χ4v) is 8.34. The summed E-state index contributed by atoms with van der Waals surface area (Å²) in [4.78, 5) is 108. The molecule has 0 unspecified atom stereocenters. The van der Waals surface area contributed by atoms with Crippen molar-refractivity contribution in [3.05, 3.63) is 317 Å². The topological polar surface area (TPSA) is 252 Å². The molecule has 0 spiro atoms. The zero-order valence-electron chi connectivity index (χ0n) is 56.9. The molecule has 506 valence electrons. The average molecular weight is 1360 g/mol. The Kier molecular flexibility index (Phi) is 36.6. The zero-order chi connectivity index (χ0) is 77.1. The van der Waals surface area contributed by atoms with Gasteiger partial charge in [0.2, 0.25) is 0 Å². The van der Waals surface area contributed by atoms with Gasteiger partial charge in [0.1, 0.15) is 13.4 Å². The van der Waals surface area contributed by atoms with Gasteiger partial charge in [0, 0.05) is 94.6 Å². The number of terminal acetylenes is 7. The third-order valence-corrected chi connectivity index (χ3v) is 13.6. The smallest absolute Gasteiger partial charge is 0.336 e. The van der Waals surface area contributed by atoms with Gasteiger partial charge in [-0.1, -0.05) is 150 Å². The number of carboxylic acids is 3. The molecule has 0 radical (unpaired) electrons. The number of aromatic carboxylic acids is 3. The molecule has 9 aromatic carbocycles. The van der Waals surface area contributed by atoms with Gasteiger partial charge in [0.25, 0.3) is 0 Å². The van der Waals surface area contributed by atoms with Crippen LogP contribution in [0.3, 0.4) is 0 Å². The molecular formula is C89H66O14. The molecular weight excluding hydrogens is 1290 g/mol. The molecule has 14 nitrogen and oxygen atoms in total. The maximum absolute atomic E-state index is 11.4. The number of aryl methyl sites for hydroxylation is 1. The summed E-state index contributed by atoms with van der Waals surface area (Å²) in [6.45, 7) is 10.3. The van der Waals surface area contributed by atoms with Crippen LogP contribution in [0.15, 0.2) is 200 Å². The maximum Gasteiger partial charge on any atom is 0.336 e. The quantitative estimate of drug-likeness (QED) is 0.0734. The minimum absolute atomic E-state index is 0.0138. The van der Waals surface area contributed by atoms with E-state index in [-0.39, 0.29) is 67.9 Å². The van der Waals surface area contributed by atoms with Crippen molar-refractivity contribution in [2.24, 2.45) is 0 Å². The van der Waals surface area contributed by atoms with E-state index in [0.29, 0.717) is 55.6 Å². The normalized spacial score (nSPS) is 8.89. The Morgan fingerprint density at radius 2 is 0.641 bits per heavy atom. The summed E-state index contributed by atoms with van der Waals surface area (Å²) in [5, 5.41) is 35.8. The Labute approximate surface area is 599 Å². The molecule has 14 heteroatoms. The van der Waals surface area contributed by atoms with Crippen molar-refractivity contribution in [1.29, 1.82) is 0 Å². The molecule has 0 aliphatic heterocycles. The van der Waals surface area contributed by atoms with E-state index in [0.717, 1.165) is 22.3 Å². The number of aliphatic hydroxyl groups is 1. The van der Waals surface area contributed by atoms with Crippen molar-refractivity contribution in [3.8, 4) is 110 Å². The van der Waals surface area contributed by atoms with E-state index in [1.807, 2.05) is 117 Å². The standard InChI is InChI=1S/C17H12O3.C17H10O2.C13H8O3.C12H10O3.C12H8O.C11H10O.C6H6.CH2O/c1-12(18)15-10-9-14(11-16(15)17(19)20)8-7-13-5-3-2-4-6-13;1-2-14-10-11-16(17(18)19)12-15(14)9-8-13-6-4-3-5-7-13;1-4-9-6-11(8(3)14)12(13(15)16)7-10(9)5-2;1-3-9-4-5-10(8(2)14)11(6-9)12(15)7-13;1-4-10-6-7-12(9(3)13)8-11(10)5-2;1-4-10-5-6-11(9(3)12)7-8(10)2;1-2-4-6-5-3-1;1-2/h2-6,9-11H,1H3,(H,19,20);1,3-7,10-12H,(H,18,19);1-2,6-7H,3H3,(H,15,16);1,4-6,13H,7H2,2H3;1-2,6-8H,3H3;1,5-7H,2-3H3;1-6H;1H2. The van der Waals surface area contributed by atoms with Gasteiger partial charge in [-0.25, -0.2) is 14.4 Å². The summed E-state index contributed by atoms with van der Waals surface area (Å²) >= 11 is 0. The highest BCUT2D eigenvalue weighted by molar-refractivity contribution is 6.09. The number of ketones is 6. The third kappa shape index (κ3) is 28.0. The van der Waals surface area contributed by atoms with Crippen molar-refractivity contribution < 1.29 is 68.4 Å². The molecule has 0 saturated heterocycles. The molecule has 0 bridgehead atoms. The lowest BCUT2D eigenvalue weighted by Crippen LogP contribution is -2.10. The van der Waals surface area contributed by atoms with Gasteiger partial charge in [-0.2, -0.15) is 0 Å². The van der Waals surface area contributed by atoms with Gasteiger partial charge in [-0.05, 0) is 162 Å². The van der Waals surface area contributed by atoms with E-state index in [1.54, 1.807) is 55.5 Å². The second-order valence-electron chi connectivity index (χ2n) is 20.7. The predicted octanol–water partition coefficient (Wildman–Crippen LogP) is 13.9. The number of carbonyl (C=O) groups excluding carboxylic acids is 7. The van der Waals surface area contributed by atoms with Crippen LogP contribution in [-0.4, -0.2) is 86.4 Å². The molecule has 0 aliphatic rings. The number of aliphatic hydroxyl groups excluding tert-OH is 1. The molecule has 103 heavy (non-hydrogen) atoms. The van der Waals surface area contributed by atoms with Crippen molar-refractivity contribution in [2.45, 2.75) is 41.5 Å². The summed E-state index contributed by atoms with van der Waals surface area (Å²) in [5.41, 5.74) is 9.69. The first kappa shape index (κ1) is 84.2. The molecule has 9 aromatic rings. The average Bonchev–Trinajstić information content (AvgIpc) is 0.833. The summed E-state index contributed by atoms with van der Waals surface area (Å²) < 4.78 is 0. The molecule has 0 amide bonds. The van der Waals surface area contributed by atoms with E-state index >= 15 is 0 Å². The number of carboxylic acid groups (broad SMARTS) is 3. The lowest BCUT2D eigenvalue weighted by molar-refractivity contribution is -0.0980. The Bertz CT molecular complexity index is 5000. The summed E-state index contributed by atoms with van der Waals surface area (Å²) in [7, 11) is 0. The molecule has 0 aromatic heterocycles. The number of benzene rings is 9. The van der Waals surface area contributed by atoms with Crippen LogP contribution in [0.5, 0.6) is 0 Å². The van der Waals surface area contributed by atoms with Crippen LogP contribution in [-0.2, 0) is 4.79 Å². The minimum Gasteiger partial charge on any atom is -0.478 e. The van der Waals surface area contributed by atoms with Gasteiger partial charge < -0.3 is 25.2 Å². The number of Topliss-reactive ketones (excluding diaryl/α,β-unsaturated/α-hetero) is 6. The minimum atomic E-state index is -1.20. The fourth-order valence-electron chi connectivity index (χ4n) is 8.34. The Hall–Kier alpha value is -14.9. The number of hydrogen-bond donors (Lipinski definition) is 4. The molecule has 9 rings (SSSR count). The lowest BCUT2D eigenvalue weighted by atomic mass is 9.97. The molecule has 0 fully saturated rings. The van der Waals surface area contributed by atoms with E-state index in [4.69, 9.17) is 70.2 Å². The van der Waals surface area contributed by atoms with Crippen LogP contribution in [0.25, 0.3) is 0 Å². The first-order chi connectivity index (χ1) is 49.2. The van der Waals surface area contributed by atoms with Crippen LogP contribution >= 0.6 is 0 Å². The van der Waals surface area contributed by atoms with E-state index in [1.165, 1.54) is 76.2 Å². The van der Waals surface area contributed by atoms with Crippen LogP contribution < -0.4 is 0 Å². The van der Waals surface area contributed by atoms with Crippen molar-refractivity contribution >= 4 is 59.4 Å². The zero-order valence-corrected chi connectivity index (χ0v) is 56.9. The van der Waals surface area contributed by atoms with Gasteiger partial charge in [-0.15, -0.1) is 45.0 Å². The Morgan fingerprint density at radius 3 is 1.04 bits per heavy atom. The van der Waals surface area contributed by atoms with E-state index in [2.05, 4.69) is 65.1 Å². The highest BCUT2D eigenvalue weighted by Crippen LogP contribution is 2.19. The first-order valence-corrected chi connectivity index (χ1v) is 30.2. The van der Waals surface area contributed by atoms with Crippen LogP contribution in [0.4, 0.5) is 0 Å². The highest BCUT2D eigenvalue weighted by Gasteiger charge is 2.18. The predicted molar refractivity (Wildman–Crippen MR) is 400 cm³/mol. The summed E-state index contributed by atoms with van der Waals surface area (Å²) in [6, 6.07) is 57.5. The fraction of sp³-hybridized carbons (Fsp3) is 0.0787. The SMILES string of the molecule is C#Cc1cc(C(C)=O)c(C(=O)O)cc1C#C.C#Cc1ccc(C(=O)O)cc1C#Cc1ccccc1.C#Cc1ccc(C(C)=O)c(C(=O)CO)c1.C#Cc1ccc(C(C)=O)cc1C.C#Cc1ccc(C(C)=O)cc1C#C.C=O.CC(=O)c1ccc(C#Cc2ccccc2)cc1C(=O)O.c1ccccc1. The molecule has 0 heterocycles. The lowest BCUT2D eigenvalue weighted by Gasteiger charge is -2.05. The first-order valence-electron chi connectivity index (χ1n) is 30.2. The van der Waals surface area contributed by atoms with Gasteiger partial charge in [0.15, 0.2) is 34.7 Å². The van der Waals surface area contributed by atoms with E-state index < -0.39 is 30.3 Å².